The fourth-order valence-electron chi connectivity index (χ4n) is 1.15. The number of methoxy groups -OCH3 is 1. The standard InChI is InChI=1S/C12H12O2/c1-4-9(2)10-7-5-6-8-11(13)12(10)14-3/h4-8H,1-2H2,3H3. The molecule has 2 nitrogen and oxygen atoms in total. The molecule has 2 heteroatoms. The van der Waals surface area contributed by atoms with Gasteiger partial charge in [0.1, 0.15) is 0 Å². The Hall–Kier alpha value is -1.83. The second-order valence-corrected chi connectivity index (χ2v) is 2.76. The summed E-state index contributed by atoms with van der Waals surface area (Å²) >= 11 is 0. The molecule has 0 bridgehead atoms. The lowest BCUT2D eigenvalue weighted by Crippen LogP contribution is -2.02. The maximum Gasteiger partial charge on any atom is 0.220 e. The largest absolute Gasteiger partial charge is 0.492 e. The molecule has 0 saturated heterocycles. The topological polar surface area (TPSA) is 26.3 Å². The van der Waals surface area contributed by atoms with Crippen LogP contribution >= 0.6 is 0 Å². The molecule has 0 unspecified atom stereocenters. The third-order valence-electron chi connectivity index (χ3n) is 1.89. The van der Waals surface area contributed by atoms with Crippen LogP contribution in [0.15, 0.2) is 48.3 Å². The van der Waals surface area contributed by atoms with Crippen molar-refractivity contribution in [3.8, 4) is 5.75 Å². The number of ether oxygens (including phenoxy) is 1. The molecule has 0 N–H and O–H groups in total. The summed E-state index contributed by atoms with van der Waals surface area (Å²) in [4.78, 5) is 11.5. The summed E-state index contributed by atoms with van der Waals surface area (Å²) < 4.78 is 5.04. The molecular formula is C12H12O2. The first-order chi connectivity index (χ1) is 6.70. The van der Waals surface area contributed by atoms with E-state index < -0.39 is 0 Å². The number of allylic oxidation sites excluding steroid dienone is 2. The Morgan fingerprint density at radius 1 is 1.43 bits per heavy atom. The quantitative estimate of drug-likeness (QED) is 0.680. The summed E-state index contributed by atoms with van der Waals surface area (Å²) in [5.41, 5.74) is 1.20. The molecule has 1 aromatic carbocycles. The Bertz CT molecular complexity index is 419. The van der Waals surface area contributed by atoms with Crippen molar-refractivity contribution in [1.82, 2.24) is 0 Å². The average molecular weight is 188 g/mol. The van der Waals surface area contributed by atoms with Gasteiger partial charge in [-0.1, -0.05) is 37.4 Å². The van der Waals surface area contributed by atoms with Gasteiger partial charge < -0.3 is 4.74 Å². The van der Waals surface area contributed by atoms with E-state index in [1.807, 2.05) is 0 Å². The lowest BCUT2D eigenvalue weighted by Gasteiger charge is -2.03. The first kappa shape index (κ1) is 10.3. The van der Waals surface area contributed by atoms with Crippen LogP contribution in [0.1, 0.15) is 5.56 Å². The van der Waals surface area contributed by atoms with Crippen molar-refractivity contribution in [2.75, 3.05) is 7.11 Å². The van der Waals surface area contributed by atoms with Crippen molar-refractivity contribution in [3.05, 3.63) is 59.3 Å². The molecule has 0 fully saturated rings. The first-order valence-corrected chi connectivity index (χ1v) is 4.19. The van der Waals surface area contributed by atoms with Crippen LogP contribution in [0, 0.1) is 0 Å². The molecular weight excluding hydrogens is 176 g/mol. The molecule has 0 heterocycles. The minimum atomic E-state index is -0.157. The molecule has 0 aliphatic rings. The SMILES string of the molecule is C=CC(=C)c1ccccc(=O)c1OC. The van der Waals surface area contributed by atoms with E-state index in [0.29, 0.717) is 16.9 Å². The Labute approximate surface area is 83.2 Å². The van der Waals surface area contributed by atoms with Gasteiger partial charge in [0.15, 0.2) is 5.75 Å². The molecule has 0 atom stereocenters. The third kappa shape index (κ3) is 1.91. The van der Waals surface area contributed by atoms with Gasteiger partial charge in [0.2, 0.25) is 5.43 Å². The molecule has 0 aliphatic carbocycles. The fraction of sp³-hybridized carbons (Fsp3) is 0.0833. The Morgan fingerprint density at radius 2 is 2.07 bits per heavy atom. The van der Waals surface area contributed by atoms with Crippen LogP contribution in [0.3, 0.4) is 0 Å². The van der Waals surface area contributed by atoms with Crippen molar-refractivity contribution in [1.29, 1.82) is 0 Å². The zero-order valence-corrected chi connectivity index (χ0v) is 8.12. The van der Waals surface area contributed by atoms with Crippen LogP contribution in [-0.4, -0.2) is 7.11 Å². The predicted octanol–water partition coefficient (Wildman–Crippen LogP) is 2.25. The van der Waals surface area contributed by atoms with Crippen LogP contribution in [-0.2, 0) is 0 Å². The fourth-order valence-corrected chi connectivity index (χ4v) is 1.15. The van der Waals surface area contributed by atoms with E-state index in [2.05, 4.69) is 13.2 Å². The smallest absolute Gasteiger partial charge is 0.220 e. The zero-order valence-electron chi connectivity index (χ0n) is 8.12. The van der Waals surface area contributed by atoms with E-state index in [4.69, 9.17) is 4.74 Å². The normalized spacial score (nSPS) is 9.21. The Balaban J connectivity index is 3.51. The molecule has 0 spiro atoms. The number of rotatable bonds is 3. The maximum absolute atomic E-state index is 11.5. The van der Waals surface area contributed by atoms with Crippen molar-refractivity contribution < 1.29 is 4.74 Å². The van der Waals surface area contributed by atoms with Gasteiger partial charge in [-0.3, -0.25) is 4.79 Å². The number of hydrogen-bond acceptors (Lipinski definition) is 2. The van der Waals surface area contributed by atoms with Crippen LogP contribution in [0.2, 0.25) is 0 Å². The summed E-state index contributed by atoms with van der Waals surface area (Å²) in [5, 5.41) is 0. The second kappa shape index (κ2) is 4.42. The van der Waals surface area contributed by atoms with Crippen molar-refractivity contribution in [2.24, 2.45) is 0 Å². The first-order valence-electron chi connectivity index (χ1n) is 4.19. The lowest BCUT2D eigenvalue weighted by atomic mass is 10.1. The minimum absolute atomic E-state index is 0.157. The molecule has 0 aliphatic heterocycles. The summed E-state index contributed by atoms with van der Waals surface area (Å²) in [6.45, 7) is 7.39. The van der Waals surface area contributed by atoms with Crippen molar-refractivity contribution >= 4 is 5.57 Å². The van der Waals surface area contributed by atoms with E-state index in [-0.39, 0.29) is 5.43 Å². The van der Waals surface area contributed by atoms with Gasteiger partial charge in [0.25, 0.3) is 0 Å². The molecule has 1 rings (SSSR count). The maximum atomic E-state index is 11.5. The molecule has 1 aromatic rings. The molecule has 0 radical (unpaired) electrons. The van der Waals surface area contributed by atoms with E-state index in [9.17, 15) is 4.79 Å². The van der Waals surface area contributed by atoms with E-state index >= 15 is 0 Å². The zero-order chi connectivity index (χ0) is 10.6. The average Bonchev–Trinajstić information content (AvgIpc) is 2.38. The highest BCUT2D eigenvalue weighted by atomic mass is 16.5. The van der Waals surface area contributed by atoms with Gasteiger partial charge in [-0.25, -0.2) is 0 Å². The number of hydrogen-bond donors (Lipinski definition) is 0. The van der Waals surface area contributed by atoms with E-state index in [1.165, 1.54) is 13.2 Å². The van der Waals surface area contributed by atoms with Gasteiger partial charge in [-0.05, 0) is 11.6 Å². The molecule has 0 aromatic heterocycles. The molecule has 14 heavy (non-hydrogen) atoms. The van der Waals surface area contributed by atoms with Gasteiger partial charge in [-0.2, -0.15) is 0 Å². The van der Waals surface area contributed by atoms with Crippen LogP contribution in [0.5, 0.6) is 5.75 Å². The Kier molecular flexibility index (Phi) is 3.24. The highest BCUT2D eigenvalue weighted by molar-refractivity contribution is 5.75. The highest BCUT2D eigenvalue weighted by Crippen LogP contribution is 2.20. The second-order valence-electron chi connectivity index (χ2n) is 2.76. The Morgan fingerprint density at radius 3 is 2.64 bits per heavy atom. The summed E-state index contributed by atoms with van der Waals surface area (Å²) in [6.07, 6.45) is 1.59. The third-order valence-corrected chi connectivity index (χ3v) is 1.89. The van der Waals surface area contributed by atoms with Crippen molar-refractivity contribution in [3.63, 3.8) is 0 Å². The van der Waals surface area contributed by atoms with Crippen LogP contribution in [0.4, 0.5) is 0 Å². The van der Waals surface area contributed by atoms with Crippen molar-refractivity contribution in [2.45, 2.75) is 0 Å². The monoisotopic (exact) mass is 188 g/mol. The lowest BCUT2D eigenvalue weighted by molar-refractivity contribution is 0.410. The van der Waals surface area contributed by atoms with Crippen LogP contribution < -0.4 is 10.2 Å². The van der Waals surface area contributed by atoms with E-state index in [0.717, 1.165) is 0 Å². The minimum Gasteiger partial charge on any atom is -0.492 e. The predicted molar refractivity (Wildman–Crippen MR) is 58.5 cm³/mol. The van der Waals surface area contributed by atoms with Gasteiger partial charge >= 0.3 is 0 Å². The van der Waals surface area contributed by atoms with Gasteiger partial charge in [0, 0.05) is 5.56 Å². The molecule has 0 amide bonds. The molecule has 0 saturated carbocycles. The summed E-state index contributed by atoms with van der Waals surface area (Å²) in [6, 6.07) is 6.68. The van der Waals surface area contributed by atoms with Gasteiger partial charge in [0.05, 0.1) is 7.11 Å². The summed E-state index contributed by atoms with van der Waals surface area (Å²) in [7, 11) is 1.47. The van der Waals surface area contributed by atoms with E-state index in [1.54, 1.807) is 24.3 Å². The van der Waals surface area contributed by atoms with Crippen LogP contribution in [0.25, 0.3) is 5.57 Å². The molecule has 72 valence electrons. The summed E-state index contributed by atoms with van der Waals surface area (Å²) in [5.74, 6) is 0.305. The highest BCUT2D eigenvalue weighted by Gasteiger charge is 2.05. The van der Waals surface area contributed by atoms with Gasteiger partial charge in [-0.15, -0.1) is 0 Å².